The third-order valence-electron chi connectivity index (χ3n) is 4.30. The van der Waals surface area contributed by atoms with Gasteiger partial charge in [0.15, 0.2) is 0 Å². The van der Waals surface area contributed by atoms with Crippen molar-refractivity contribution in [1.82, 2.24) is 4.98 Å². The van der Waals surface area contributed by atoms with Gasteiger partial charge in [0, 0.05) is 24.8 Å². The molecule has 21 heavy (non-hydrogen) atoms. The van der Waals surface area contributed by atoms with E-state index in [0.717, 1.165) is 16.8 Å². The quantitative estimate of drug-likeness (QED) is 0.636. The summed E-state index contributed by atoms with van der Waals surface area (Å²) in [6.07, 6.45) is 2.51. The van der Waals surface area contributed by atoms with E-state index in [4.69, 9.17) is 14.4 Å². The number of anilines is 1. The smallest absolute Gasteiger partial charge is 0.399 e. The minimum Gasteiger partial charge on any atom is -0.399 e. The lowest BCUT2D eigenvalue weighted by molar-refractivity contribution is 0.00578. The first-order chi connectivity index (χ1) is 9.77. The molecule has 0 aromatic carbocycles. The van der Waals surface area contributed by atoms with Crippen molar-refractivity contribution in [2.24, 2.45) is 0 Å². The first-order valence-corrected chi connectivity index (χ1v) is 7.44. The van der Waals surface area contributed by atoms with Gasteiger partial charge in [0.2, 0.25) is 0 Å². The van der Waals surface area contributed by atoms with Crippen molar-refractivity contribution in [3.63, 3.8) is 0 Å². The highest BCUT2D eigenvalue weighted by molar-refractivity contribution is 6.62. The first-order valence-electron chi connectivity index (χ1n) is 7.44. The van der Waals surface area contributed by atoms with Crippen molar-refractivity contribution in [3.05, 3.63) is 17.8 Å². The molecule has 0 radical (unpaired) electrons. The van der Waals surface area contributed by atoms with Gasteiger partial charge in [-0.3, -0.25) is 0 Å². The van der Waals surface area contributed by atoms with E-state index in [-0.39, 0.29) is 24.9 Å². The molecular weight excluding hydrogens is 267 g/mol. The summed E-state index contributed by atoms with van der Waals surface area (Å²) in [5, 5.41) is 12.0. The minimum atomic E-state index is -0.381. The number of pyridine rings is 1. The molecule has 1 fully saturated rings. The Labute approximate surface area is 127 Å². The van der Waals surface area contributed by atoms with Crippen LogP contribution in [0.2, 0.25) is 0 Å². The Balaban J connectivity index is 2.12. The Morgan fingerprint density at radius 1 is 1.24 bits per heavy atom. The van der Waals surface area contributed by atoms with Crippen LogP contribution in [0.15, 0.2) is 12.3 Å². The molecule has 5 nitrogen and oxygen atoms in total. The fourth-order valence-corrected chi connectivity index (χ4v) is 2.18. The summed E-state index contributed by atoms with van der Waals surface area (Å²) in [4.78, 5) is 4.40. The number of aliphatic hydroxyl groups is 1. The summed E-state index contributed by atoms with van der Waals surface area (Å²) >= 11 is 0. The van der Waals surface area contributed by atoms with Crippen LogP contribution < -0.4 is 10.8 Å². The molecular formula is C15H25BN2O3. The predicted molar refractivity (Wildman–Crippen MR) is 84.9 cm³/mol. The van der Waals surface area contributed by atoms with Crippen LogP contribution in [-0.2, 0) is 9.31 Å². The molecule has 0 amide bonds. The maximum atomic E-state index is 8.79. The molecule has 1 aliphatic heterocycles. The van der Waals surface area contributed by atoms with Crippen LogP contribution in [0.25, 0.3) is 0 Å². The molecule has 0 saturated carbocycles. The number of aliphatic hydroxyl groups excluding tert-OH is 1. The molecule has 0 spiro atoms. The molecule has 0 atom stereocenters. The van der Waals surface area contributed by atoms with Crippen molar-refractivity contribution >= 4 is 18.4 Å². The molecule has 1 aromatic rings. The van der Waals surface area contributed by atoms with Gasteiger partial charge in [-0.25, -0.2) is 4.98 Å². The topological polar surface area (TPSA) is 63.6 Å². The lowest BCUT2D eigenvalue weighted by Crippen LogP contribution is -2.41. The van der Waals surface area contributed by atoms with E-state index in [2.05, 4.69) is 10.3 Å². The normalized spacial score (nSPS) is 19.8. The highest BCUT2D eigenvalue weighted by Gasteiger charge is 2.52. The number of aromatic nitrogens is 1. The molecule has 116 valence electrons. The van der Waals surface area contributed by atoms with Gasteiger partial charge >= 0.3 is 7.12 Å². The number of rotatable bonds is 5. The van der Waals surface area contributed by atoms with Gasteiger partial charge in [-0.2, -0.15) is 0 Å². The van der Waals surface area contributed by atoms with Crippen LogP contribution in [0, 0.1) is 6.92 Å². The molecule has 0 bridgehead atoms. The van der Waals surface area contributed by atoms with Crippen molar-refractivity contribution < 1.29 is 14.4 Å². The molecule has 2 heterocycles. The van der Waals surface area contributed by atoms with Gasteiger partial charge in [-0.05, 0) is 52.7 Å². The molecule has 2 N–H and O–H groups in total. The summed E-state index contributed by atoms with van der Waals surface area (Å²) in [5.74, 6) is 0.807. The fraction of sp³-hybridized carbons (Fsp3) is 0.667. The van der Waals surface area contributed by atoms with E-state index in [1.54, 1.807) is 6.20 Å². The summed E-state index contributed by atoms with van der Waals surface area (Å²) < 4.78 is 12.1. The summed E-state index contributed by atoms with van der Waals surface area (Å²) in [6.45, 7) is 11.1. The van der Waals surface area contributed by atoms with Crippen molar-refractivity contribution in [2.75, 3.05) is 18.5 Å². The Bertz CT molecular complexity index is 490. The van der Waals surface area contributed by atoms with Crippen molar-refractivity contribution in [1.29, 1.82) is 0 Å². The second-order valence-electron chi connectivity index (χ2n) is 6.52. The number of nitrogens with zero attached hydrogens (tertiary/aromatic N) is 1. The summed E-state index contributed by atoms with van der Waals surface area (Å²) in [7, 11) is -0.381. The van der Waals surface area contributed by atoms with Crippen LogP contribution in [0.3, 0.4) is 0 Å². The molecule has 1 saturated heterocycles. The van der Waals surface area contributed by atoms with E-state index in [0.29, 0.717) is 13.0 Å². The lowest BCUT2D eigenvalue weighted by Gasteiger charge is -2.32. The number of nitrogens with one attached hydrogen (secondary N) is 1. The van der Waals surface area contributed by atoms with Crippen molar-refractivity contribution in [2.45, 2.75) is 52.2 Å². The molecule has 2 rings (SSSR count). The van der Waals surface area contributed by atoms with Gasteiger partial charge in [0.25, 0.3) is 0 Å². The van der Waals surface area contributed by atoms with Crippen LogP contribution in [0.4, 0.5) is 5.82 Å². The van der Waals surface area contributed by atoms with Crippen LogP contribution >= 0.6 is 0 Å². The Morgan fingerprint density at radius 3 is 2.38 bits per heavy atom. The number of aryl methyl sites for hydroxylation is 1. The second kappa shape index (κ2) is 5.95. The molecule has 6 heteroatoms. The Morgan fingerprint density at radius 2 is 1.86 bits per heavy atom. The highest BCUT2D eigenvalue weighted by Crippen LogP contribution is 2.36. The van der Waals surface area contributed by atoms with Gasteiger partial charge < -0.3 is 19.7 Å². The van der Waals surface area contributed by atoms with Crippen LogP contribution in [0.1, 0.15) is 39.7 Å². The largest absolute Gasteiger partial charge is 0.496 e. The Hall–Kier alpha value is -1.11. The minimum absolute atomic E-state index is 0.179. The third kappa shape index (κ3) is 3.39. The monoisotopic (exact) mass is 292 g/mol. The molecule has 0 aliphatic carbocycles. The number of hydrogen-bond acceptors (Lipinski definition) is 5. The standard InChI is InChI=1S/C15H25BN2O3/c1-11-9-13(17-7-6-8-19)18-10-12(11)16-20-14(2,3)15(4,5)21-16/h9-10,19H,6-8H2,1-5H3,(H,17,18). The van der Waals surface area contributed by atoms with Crippen LogP contribution in [-0.4, -0.2) is 41.6 Å². The van der Waals surface area contributed by atoms with Gasteiger partial charge in [0.05, 0.1) is 11.2 Å². The average Bonchev–Trinajstić information content (AvgIpc) is 2.58. The predicted octanol–water partition coefficient (Wildman–Crippen LogP) is 1.48. The second-order valence-corrected chi connectivity index (χ2v) is 6.52. The maximum Gasteiger partial charge on any atom is 0.496 e. The zero-order chi connectivity index (χ0) is 15.7. The fourth-order valence-electron chi connectivity index (χ4n) is 2.18. The van der Waals surface area contributed by atoms with Crippen LogP contribution in [0.5, 0.6) is 0 Å². The van der Waals surface area contributed by atoms with E-state index in [1.165, 1.54) is 0 Å². The van der Waals surface area contributed by atoms with E-state index in [9.17, 15) is 0 Å². The third-order valence-corrected chi connectivity index (χ3v) is 4.30. The summed E-state index contributed by atoms with van der Waals surface area (Å²) in [6, 6.07) is 1.98. The average molecular weight is 292 g/mol. The van der Waals surface area contributed by atoms with E-state index >= 15 is 0 Å². The SMILES string of the molecule is Cc1cc(NCCCO)ncc1B1OC(C)(C)C(C)(C)O1. The Kier molecular flexibility index (Phi) is 4.61. The zero-order valence-electron chi connectivity index (χ0n) is 13.6. The van der Waals surface area contributed by atoms with E-state index in [1.807, 2.05) is 40.7 Å². The van der Waals surface area contributed by atoms with Gasteiger partial charge in [-0.15, -0.1) is 0 Å². The van der Waals surface area contributed by atoms with E-state index < -0.39 is 0 Å². The molecule has 0 unspecified atom stereocenters. The first kappa shape index (κ1) is 16.3. The van der Waals surface area contributed by atoms with Gasteiger partial charge in [0.1, 0.15) is 5.82 Å². The van der Waals surface area contributed by atoms with Crippen molar-refractivity contribution in [3.8, 4) is 0 Å². The molecule has 1 aromatic heterocycles. The zero-order valence-corrected chi connectivity index (χ0v) is 13.6. The lowest BCUT2D eigenvalue weighted by atomic mass is 9.77. The number of hydrogen-bond donors (Lipinski definition) is 2. The highest BCUT2D eigenvalue weighted by atomic mass is 16.7. The molecule has 1 aliphatic rings. The van der Waals surface area contributed by atoms with Gasteiger partial charge in [-0.1, -0.05) is 0 Å². The summed E-state index contributed by atoms with van der Waals surface area (Å²) in [5.41, 5.74) is 1.35. The maximum absolute atomic E-state index is 8.79.